The number of fused-ring (bicyclic) bond motifs is 7. The van der Waals surface area contributed by atoms with Gasteiger partial charge in [0.2, 0.25) is 5.69 Å². The minimum atomic E-state index is -0.185. The maximum absolute atomic E-state index is 12.0. The van der Waals surface area contributed by atoms with E-state index in [0.717, 1.165) is 137 Å². The Morgan fingerprint density at radius 2 is 0.899 bits per heavy atom. The second-order valence-electron chi connectivity index (χ2n) is 22.4. The third-order valence-corrected chi connectivity index (χ3v) is 16.1. The largest absolute Gasteiger partial charge is 0.453 e. The molecule has 2 aliphatic heterocycles. The fourth-order valence-electron chi connectivity index (χ4n) is 12.8. The number of hydrogen-bond acceptors (Lipinski definition) is 5. The lowest BCUT2D eigenvalue weighted by Gasteiger charge is -2.41. The topological polar surface area (TPSA) is 53.1 Å². The molecule has 0 aromatic heterocycles. The first kappa shape index (κ1) is 43.0. The van der Waals surface area contributed by atoms with Gasteiger partial charge in [0.15, 0.2) is 23.0 Å². The van der Waals surface area contributed by atoms with E-state index in [4.69, 9.17) is 9.47 Å². The summed E-state index contributed by atoms with van der Waals surface area (Å²) >= 11 is 0. The van der Waals surface area contributed by atoms with Crippen LogP contribution < -0.4 is 19.3 Å². The Hall–Kier alpha value is -7.28. The molecule has 0 unspecified atom stereocenters. The van der Waals surface area contributed by atoms with Crippen LogP contribution in [0.25, 0.3) is 27.1 Å². The molecule has 5 aliphatic rings. The van der Waals surface area contributed by atoms with Gasteiger partial charge in [-0.25, -0.2) is 4.85 Å². The van der Waals surface area contributed by atoms with E-state index in [1.54, 1.807) is 0 Å². The number of rotatable bonds is 4. The Balaban J connectivity index is 1.20. The van der Waals surface area contributed by atoms with Gasteiger partial charge >= 0.3 is 0 Å². The summed E-state index contributed by atoms with van der Waals surface area (Å²) in [5, 5.41) is 12.0. The Kier molecular flexibility index (Phi) is 9.75. The Labute approximate surface area is 407 Å². The van der Waals surface area contributed by atoms with E-state index in [0.29, 0.717) is 11.3 Å². The highest BCUT2D eigenvalue weighted by Gasteiger charge is 2.58. The molecule has 0 radical (unpaired) electrons. The van der Waals surface area contributed by atoms with E-state index in [2.05, 4.69) is 184 Å². The van der Waals surface area contributed by atoms with Crippen LogP contribution in [0, 0.1) is 17.9 Å². The summed E-state index contributed by atoms with van der Waals surface area (Å²) < 4.78 is 14.1. The molecule has 2 spiro atoms. The van der Waals surface area contributed by atoms with E-state index >= 15 is 0 Å². The van der Waals surface area contributed by atoms with Gasteiger partial charge in [-0.3, -0.25) is 0 Å². The predicted molar refractivity (Wildman–Crippen MR) is 280 cm³/mol. The van der Waals surface area contributed by atoms with Crippen molar-refractivity contribution in [3.63, 3.8) is 0 Å². The first-order chi connectivity index (χ1) is 33.3. The zero-order chi connectivity index (χ0) is 47.5. The normalized spacial score (nSPS) is 17.0. The Morgan fingerprint density at radius 1 is 0.507 bits per heavy atom. The van der Waals surface area contributed by atoms with Gasteiger partial charge in [0, 0.05) is 0 Å². The molecule has 2 fully saturated rings. The molecule has 7 aromatic carbocycles. The number of benzene rings is 7. The highest BCUT2D eigenvalue weighted by atomic mass is 16.5. The summed E-state index contributed by atoms with van der Waals surface area (Å²) in [6, 6.07) is 49.9. The van der Waals surface area contributed by atoms with E-state index < -0.39 is 0 Å². The smallest absolute Gasteiger partial charge is 0.230 e. The molecule has 6 heteroatoms. The molecule has 6 nitrogen and oxygen atoms in total. The van der Waals surface area contributed by atoms with E-state index in [9.17, 15) is 11.8 Å². The van der Waals surface area contributed by atoms with Crippen LogP contribution in [0.4, 0.5) is 39.8 Å². The van der Waals surface area contributed by atoms with Crippen molar-refractivity contribution in [2.45, 2.75) is 121 Å². The molecule has 0 saturated heterocycles. The quantitative estimate of drug-likeness (QED) is 0.165. The van der Waals surface area contributed by atoms with Crippen molar-refractivity contribution >= 4 is 39.8 Å². The summed E-state index contributed by atoms with van der Waals surface area (Å²) in [4.78, 5) is 9.26. The average molecular weight is 903 g/mol. The number of nitriles is 1. The van der Waals surface area contributed by atoms with Gasteiger partial charge in [0.1, 0.15) is 0 Å². The fraction of sp³-hybridized carbons (Fsp3) is 0.302. The number of anilines is 6. The van der Waals surface area contributed by atoms with Crippen LogP contribution in [-0.4, -0.2) is 0 Å². The van der Waals surface area contributed by atoms with Crippen LogP contribution in [0.2, 0.25) is 0 Å². The third kappa shape index (κ3) is 6.70. The van der Waals surface area contributed by atoms with Gasteiger partial charge in [-0.2, -0.15) is 5.26 Å². The summed E-state index contributed by atoms with van der Waals surface area (Å²) in [6.07, 6.45) is 9.71. The van der Waals surface area contributed by atoms with Crippen LogP contribution in [0.5, 0.6) is 23.0 Å². The zero-order valence-corrected chi connectivity index (χ0v) is 40.7. The van der Waals surface area contributed by atoms with E-state index in [1.807, 2.05) is 12.1 Å². The van der Waals surface area contributed by atoms with Crippen molar-refractivity contribution < 1.29 is 9.47 Å². The summed E-state index contributed by atoms with van der Waals surface area (Å²) in [5.41, 5.74) is 14.6. The Bertz CT molecular complexity index is 3090. The Morgan fingerprint density at radius 3 is 1.30 bits per heavy atom. The zero-order valence-electron chi connectivity index (χ0n) is 40.7. The lowest BCUT2D eigenvalue weighted by atomic mass is 9.74. The molecule has 0 amide bonds. The second-order valence-corrected chi connectivity index (χ2v) is 22.4. The molecule has 0 bridgehead atoms. The number of hydrogen-bond donors (Lipinski definition) is 0. The first-order valence-corrected chi connectivity index (χ1v) is 25.0. The van der Waals surface area contributed by atoms with Crippen LogP contribution in [0.3, 0.4) is 0 Å². The van der Waals surface area contributed by atoms with Crippen molar-refractivity contribution in [2.75, 3.05) is 9.80 Å². The molecule has 0 N–H and O–H groups in total. The molecule has 0 atom stereocenters. The molecule has 3 aliphatic carbocycles. The van der Waals surface area contributed by atoms with Crippen LogP contribution in [0.1, 0.15) is 127 Å². The van der Waals surface area contributed by atoms with Crippen molar-refractivity contribution in [1.82, 2.24) is 0 Å². The maximum atomic E-state index is 12.0. The molecular formula is C63H58N4O2. The van der Waals surface area contributed by atoms with Crippen LogP contribution >= 0.6 is 0 Å². The summed E-state index contributed by atoms with van der Waals surface area (Å²) in [6.45, 7) is 22.8. The summed E-state index contributed by atoms with van der Waals surface area (Å²) in [5.74, 6) is 2.97. The second kappa shape index (κ2) is 15.6. The van der Waals surface area contributed by atoms with Gasteiger partial charge in [-0.1, -0.05) is 152 Å². The molecular weight excluding hydrogens is 845 g/mol. The third-order valence-electron chi connectivity index (χ3n) is 16.1. The minimum absolute atomic E-state index is 0.128. The SMILES string of the molecule is [C-]#[N+]c1c(C#N)c(N2c3ccc(-c4ccccc4)cc3Oc3cc(C(C)(C)C)ccc32)c2c(c1N1c3ccc(-c4ccccc4)cc3Oc3cc(C(C)(C)C)ccc31)C1(CCCC1)CC21CCCC1. The molecule has 69 heavy (non-hydrogen) atoms. The first-order valence-electron chi connectivity index (χ1n) is 25.0. The highest BCUT2D eigenvalue weighted by molar-refractivity contribution is 6.03. The van der Waals surface area contributed by atoms with Crippen molar-refractivity contribution in [2.24, 2.45) is 0 Å². The lowest BCUT2D eigenvalue weighted by Crippen LogP contribution is -2.26. The van der Waals surface area contributed by atoms with Crippen molar-refractivity contribution in [1.29, 1.82) is 5.26 Å². The molecule has 7 aromatic rings. The molecule has 2 heterocycles. The van der Waals surface area contributed by atoms with Gasteiger partial charge in [0.25, 0.3) is 0 Å². The minimum Gasteiger partial charge on any atom is -0.453 e. The maximum Gasteiger partial charge on any atom is 0.230 e. The predicted octanol–water partition coefficient (Wildman–Crippen LogP) is 18.2. The van der Waals surface area contributed by atoms with Crippen molar-refractivity contribution in [3.8, 4) is 51.3 Å². The average Bonchev–Trinajstić information content (AvgIpc) is 4.10. The van der Waals surface area contributed by atoms with Gasteiger partial charge < -0.3 is 19.3 Å². The van der Waals surface area contributed by atoms with Crippen LogP contribution in [0.15, 0.2) is 133 Å². The van der Waals surface area contributed by atoms with Crippen molar-refractivity contribution in [3.05, 3.63) is 173 Å². The fourth-order valence-corrected chi connectivity index (χ4v) is 12.8. The van der Waals surface area contributed by atoms with E-state index in [1.165, 1.54) is 22.3 Å². The number of ether oxygens (including phenoxy) is 2. The monoisotopic (exact) mass is 902 g/mol. The number of nitrogens with zero attached hydrogens (tertiary/aromatic N) is 4. The standard InChI is InChI=1S/C63H58N4O2/c1-60(2,3)44-24-28-49-53(36-44)68-51-34-42(40-18-10-8-11-19-40)22-26-47(51)66(49)58-46(38-64)57(65-7)59(56-55(58)62(30-14-15-31-62)39-63(56)32-16-17-33-63)67-48-27-23-43(41-20-12-9-13-21-41)35-52(48)69-54-37-45(61(4,5)6)25-29-50(54)67/h8-13,18-29,34-37H,14-17,30-33,39H2,1-6H3. The summed E-state index contributed by atoms with van der Waals surface area (Å²) in [7, 11) is 0. The van der Waals surface area contributed by atoms with Crippen LogP contribution in [-0.2, 0) is 21.7 Å². The molecule has 342 valence electrons. The molecule has 12 rings (SSSR count). The highest BCUT2D eigenvalue weighted by Crippen LogP contribution is 2.71. The lowest BCUT2D eigenvalue weighted by molar-refractivity contribution is 0.324. The molecule has 2 saturated carbocycles. The van der Waals surface area contributed by atoms with Gasteiger partial charge in [0.05, 0.1) is 52.3 Å². The van der Waals surface area contributed by atoms with Gasteiger partial charge in [-0.05, 0) is 147 Å². The van der Waals surface area contributed by atoms with Gasteiger partial charge in [-0.15, -0.1) is 0 Å². The van der Waals surface area contributed by atoms with E-state index in [-0.39, 0.29) is 21.7 Å².